The number of rotatable bonds is 5. The van der Waals surface area contributed by atoms with Gasteiger partial charge in [0.15, 0.2) is 0 Å². The molecule has 0 unspecified atom stereocenters. The highest BCUT2D eigenvalue weighted by atomic mass is 16.2. The third kappa shape index (κ3) is 3.53. The van der Waals surface area contributed by atoms with Crippen molar-refractivity contribution in [3.05, 3.63) is 66.0 Å². The molecule has 29 heavy (non-hydrogen) atoms. The number of carbonyl (C=O) groups excluding carboxylic acids is 1. The summed E-state index contributed by atoms with van der Waals surface area (Å²) in [5.41, 5.74) is 4.94. The number of benzene rings is 1. The maximum atomic E-state index is 13.2. The Morgan fingerprint density at radius 2 is 1.93 bits per heavy atom. The number of hydrogen-bond acceptors (Lipinski definition) is 4. The van der Waals surface area contributed by atoms with E-state index in [0.29, 0.717) is 11.6 Å². The zero-order chi connectivity index (χ0) is 20.8. The fourth-order valence-electron chi connectivity index (χ4n) is 3.70. The molecule has 2 aromatic rings. The molecular formula is C24H26N4O. The van der Waals surface area contributed by atoms with Gasteiger partial charge in [-0.3, -0.25) is 14.7 Å². The van der Waals surface area contributed by atoms with Gasteiger partial charge in [0.2, 0.25) is 5.91 Å². The summed E-state index contributed by atoms with van der Waals surface area (Å²) in [5, 5.41) is 0. The second-order valence-corrected chi connectivity index (χ2v) is 8.43. The second kappa shape index (κ2) is 7.07. The van der Waals surface area contributed by atoms with E-state index in [9.17, 15) is 4.79 Å². The van der Waals surface area contributed by atoms with Crippen molar-refractivity contribution in [1.82, 2.24) is 9.97 Å². The minimum absolute atomic E-state index is 0.00384. The summed E-state index contributed by atoms with van der Waals surface area (Å²) >= 11 is 0. The third-order valence-corrected chi connectivity index (χ3v) is 5.77. The van der Waals surface area contributed by atoms with Crippen molar-refractivity contribution in [1.29, 1.82) is 0 Å². The number of nitrogens with zero attached hydrogens (tertiary/aromatic N) is 4. The molecule has 1 aliphatic carbocycles. The molecule has 2 aliphatic rings. The van der Waals surface area contributed by atoms with Crippen molar-refractivity contribution >= 4 is 17.8 Å². The van der Waals surface area contributed by atoms with Gasteiger partial charge in [-0.1, -0.05) is 24.3 Å². The van der Waals surface area contributed by atoms with E-state index in [2.05, 4.69) is 28.5 Å². The van der Waals surface area contributed by atoms with Crippen molar-refractivity contribution in [2.45, 2.75) is 46.0 Å². The topological polar surface area (TPSA) is 58.5 Å². The molecule has 0 saturated heterocycles. The molecule has 0 radical (unpaired) electrons. The number of anilines is 1. The number of aliphatic imine (C=N–C) groups is 1. The van der Waals surface area contributed by atoms with E-state index in [0.717, 1.165) is 28.2 Å². The van der Waals surface area contributed by atoms with Crippen molar-refractivity contribution in [3.8, 4) is 11.1 Å². The van der Waals surface area contributed by atoms with Gasteiger partial charge in [-0.25, -0.2) is 9.97 Å². The van der Waals surface area contributed by atoms with Gasteiger partial charge in [-0.2, -0.15) is 0 Å². The molecule has 1 aromatic heterocycles. The standard InChI is InChI=1S/C24H26N4O/c1-15(18-6-7-18)11-25-12-16(2)28-22-10-19(20-13-26-17(3)27-14-20)8-9-21(22)24(4,5)23(28)29/h8-14,18H,2,6-7H2,1,3-5H3/b15-11+,25-12?. The maximum absolute atomic E-state index is 13.2. The predicted molar refractivity (Wildman–Crippen MR) is 117 cm³/mol. The second-order valence-electron chi connectivity index (χ2n) is 8.43. The largest absolute Gasteiger partial charge is 0.279 e. The van der Waals surface area contributed by atoms with Gasteiger partial charge >= 0.3 is 0 Å². The summed E-state index contributed by atoms with van der Waals surface area (Å²) < 4.78 is 0. The van der Waals surface area contributed by atoms with E-state index in [1.54, 1.807) is 23.5 Å². The third-order valence-electron chi connectivity index (χ3n) is 5.77. The molecule has 0 N–H and O–H groups in total. The molecule has 4 rings (SSSR count). The minimum Gasteiger partial charge on any atom is -0.279 e. The van der Waals surface area contributed by atoms with Gasteiger partial charge < -0.3 is 0 Å². The molecule has 1 aliphatic heterocycles. The summed E-state index contributed by atoms with van der Waals surface area (Å²) in [6.07, 6.45) is 9.66. The van der Waals surface area contributed by atoms with Gasteiger partial charge in [-0.15, -0.1) is 0 Å². The van der Waals surface area contributed by atoms with Gasteiger partial charge in [-0.05, 0) is 63.6 Å². The molecule has 0 spiro atoms. The first kappa shape index (κ1) is 19.2. The minimum atomic E-state index is -0.617. The maximum Gasteiger partial charge on any atom is 0.241 e. The van der Waals surface area contributed by atoms with E-state index in [4.69, 9.17) is 0 Å². The summed E-state index contributed by atoms with van der Waals surface area (Å²) in [6.45, 7) is 12.0. The number of amides is 1. The highest BCUT2D eigenvalue weighted by Gasteiger charge is 2.44. The first-order chi connectivity index (χ1) is 13.8. The molecule has 1 fully saturated rings. The fourth-order valence-corrected chi connectivity index (χ4v) is 3.70. The van der Waals surface area contributed by atoms with Crippen molar-refractivity contribution in [3.63, 3.8) is 0 Å². The number of hydrogen-bond donors (Lipinski definition) is 0. The van der Waals surface area contributed by atoms with E-state index >= 15 is 0 Å². The van der Waals surface area contributed by atoms with Crippen LogP contribution in [0.4, 0.5) is 5.69 Å². The quantitative estimate of drug-likeness (QED) is 0.681. The van der Waals surface area contributed by atoms with Crippen LogP contribution >= 0.6 is 0 Å². The molecule has 5 nitrogen and oxygen atoms in total. The number of aromatic nitrogens is 2. The SMILES string of the molecule is C=C(C=N/C=C(\C)C1CC1)N1C(=O)C(C)(C)c2ccc(-c3cnc(C)nc3)cc21. The van der Waals surface area contributed by atoms with Crippen LogP contribution < -0.4 is 4.90 Å². The Hall–Kier alpha value is -3.08. The Kier molecular flexibility index (Phi) is 4.69. The summed E-state index contributed by atoms with van der Waals surface area (Å²) in [5.74, 6) is 1.41. The first-order valence-corrected chi connectivity index (χ1v) is 9.96. The lowest BCUT2D eigenvalue weighted by Gasteiger charge is -2.20. The lowest BCUT2D eigenvalue weighted by atomic mass is 9.85. The molecule has 0 bridgehead atoms. The summed E-state index contributed by atoms with van der Waals surface area (Å²) in [7, 11) is 0. The highest BCUT2D eigenvalue weighted by molar-refractivity contribution is 6.13. The Morgan fingerprint density at radius 3 is 2.59 bits per heavy atom. The number of allylic oxidation sites excluding steroid dienone is 2. The van der Waals surface area contributed by atoms with Gasteiger partial charge in [0.25, 0.3) is 0 Å². The van der Waals surface area contributed by atoms with Crippen LogP contribution in [0, 0.1) is 12.8 Å². The van der Waals surface area contributed by atoms with Crippen LogP contribution in [0.2, 0.25) is 0 Å². The van der Waals surface area contributed by atoms with E-state index < -0.39 is 5.41 Å². The molecule has 0 atom stereocenters. The van der Waals surface area contributed by atoms with E-state index in [1.807, 2.05) is 45.2 Å². The average molecular weight is 386 g/mol. The highest BCUT2D eigenvalue weighted by Crippen LogP contribution is 2.44. The van der Waals surface area contributed by atoms with Crippen LogP contribution in [0.1, 0.15) is 45.0 Å². The van der Waals surface area contributed by atoms with Crippen LogP contribution in [-0.2, 0) is 10.2 Å². The Balaban J connectivity index is 1.69. The number of fused-ring (bicyclic) bond motifs is 1. The van der Waals surface area contributed by atoms with Crippen molar-refractivity contribution in [2.75, 3.05) is 4.90 Å². The smallest absolute Gasteiger partial charge is 0.241 e. The molecule has 1 aromatic carbocycles. The molecule has 1 amide bonds. The van der Waals surface area contributed by atoms with Crippen molar-refractivity contribution in [2.24, 2.45) is 10.9 Å². The zero-order valence-electron chi connectivity index (χ0n) is 17.4. The molecule has 2 heterocycles. The van der Waals surface area contributed by atoms with Gasteiger partial charge in [0.1, 0.15) is 5.82 Å². The predicted octanol–water partition coefficient (Wildman–Crippen LogP) is 4.97. The van der Waals surface area contributed by atoms with Crippen LogP contribution in [0.5, 0.6) is 0 Å². The van der Waals surface area contributed by atoms with E-state index in [-0.39, 0.29) is 5.91 Å². The summed E-state index contributed by atoms with van der Waals surface area (Å²) in [6, 6.07) is 6.05. The van der Waals surface area contributed by atoms with Gasteiger partial charge in [0, 0.05) is 24.2 Å². The van der Waals surface area contributed by atoms with Crippen LogP contribution in [0.3, 0.4) is 0 Å². The van der Waals surface area contributed by atoms with Gasteiger partial charge in [0.05, 0.1) is 23.0 Å². The normalized spacial score (nSPS) is 18.4. The lowest BCUT2D eigenvalue weighted by molar-refractivity contribution is -0.121. The average Bonchev–Trinajstić information content (AvgIpc) is 3.51. The van der Waals surface area contributed by atoms with Crippen LogP contribution in [0.15, 0.2) is 59.6 Å². The Labute approximate surface area is 171 Å². The van der Waals surface area contributed by atoms with Crippen molar-refractivity contribution < 1.29 is 4.79 Å². The monoisotopic (exact) mass is 386 g/mol. The molecular weight excluding hydrogens is 360 g/mol. The van der Waals surface area contributed by atoms with Crippen LogP contribution in [0.25, 0.3) is 11.1 Å². The Bertz CT molecular complexity index is 1040. The molecule has 148 valence electrons. The molecule has 5 heteroatoms. The number of carbonyl (C=O) groups is 1. The number of aryl methyl sites for hydroxylation is 1. The van der Waals surface area contributed by atoms with E-state index in [1.165, 1.54) is 18.4 Å². The zero-order valence-corrected chi connectivity index (χ0v) is 17.4. The molecule has 1 saturated carbocycles. The first-order valence-electron chi connectivity index (χ1n) is 9.96. The lowest BCUT2D eigenvalue weighted by Crippen LogP contribution is -2.35. The Morgan fingerprint density at radius 1 is 1.24 bits per heavy atom. The van der Waals surface area contributed by atoms with Crippen LogP contribution in [-0.4, -0.2) is 22.1 Å². The fraction of sp³-hybridized carbons (Fsp3) is 0.333. The summed E-state index contributed by atoms with van der Waals surface area (Å²) in [4.78, 5) is 27.9.